The summed E-state index contributed by atoms with van der Waals surface area (Å²) in [5.41, 5.74) is 5.71. The van der Waals surface area contributed by atoms with E-state index in [1.807, 2.05) is 48.7 Å². The van der Waals surface area contributed by atoms with Crippen molar-refractivity contribution in [2.24, 2.45) is 5.73 Å². The van der Waals surface area contributed by atoms with E-state index in [4.69, 9.17) is 10.5 Å². The van der Waals surface area contributed by atoms with E-state index in [1.54, 1.807) is 11.3 Å². The van der Waals surface area contributed by atoms with Crippen LogP contribution in [-0.2, 0) is 5.72 Å². The van der Waals surface area contributed by atoms with Crippen LogP contribution >= 0.6 is 11.3 Å². The van der Waals surface area contributed by atoms with Crippen molar-refractivity contribution >= 4 is 22.1 Å². The molecule has 1 atom stereocenters. The van der Waals surface area contributed by atoms with Crippen LogP contribution in [-0.4, -0.2) is 0 Å². The van der Waals surface area contributed by atoms with Crippen LogP contribution < -0.4 is 10.5 Å². The van der Waals surface area contributed by atoms with Crippen molar-refractivity contribution in [3.8, 4) is 5.75 Å². The van der Waals surface area contributed by atoms with Crippen molar-refractivity contribution in [3.05, 3.63) is 64.9 Å². The van der Waals surface area contributed by atoms with Crippen LogP contribution in [0.4, 0.5) is 0 Å². The lowest BCUT2D eigenvalue weighted by Crippen LogP contribution is -2.41. The third-order valence-corrected chi connectivity index (χ3v) is 4.53. The molecule has 102 valence electrons. The first kappa shape index (κ1) is 13.2. The van der Waals surface area contributed by atoms with E-state index >= 15 is 0 Å². The van der Waals surface area contributed by atoms with E-state index in [9.17, 15) is 0 Å². The first-order chi connectivity index (χ1) is 9.73. The van der Waals surface area contributed by atoms with E-state index in [1.165, 1.54) is 0 Å². The molecule has 1 heterocycles. The van der Waals surface area contributed by atoms with Gasteiger partial charge in [-0.15, -0.1) is 11.3 Å². The molecule has 0 bridgehead atoms. The van der Waals surface area contributed by atoms with Gasteiger partial charge in [0, 0.05) is 11.8 Å². The Morgan fingerprint density at radius 3 is 2.60 bits per heavy atom. The Kier molecular flexibility index (Phi) is 3.47. The number of thiophene rings is 1. The van der Waals surface area contributed by atoms with E-state index in [0.717, 1.165) is 27.8 Å². The monoisotopic (exact) mass is 283 g/mol. The van der Waals surface area contributed by atoms with E-state index in [-0.39, 0.29) is 0 Å². The Hall–Kier alpha value is -1.84. The molecule has 0 aliphatic rings. The molecule has 0 fully saturated rings. The Balaban J connectivity index is 2.04. The fourth-order valence-electron chi connectivity index (χ4n) is 2.30. The van der Waals surface area contributed by atoms with Crippen LogP contribution in [0.15, 0.2) is 60.0 Å². The fourth-order valence-corrected chi connectivity index (χ4v) is 3.14. The van der Waals surface area contributed by atoms with Crippen LogP contribution in [0.1, 0.15) is 18.2 Å². The van der Waals surface area contributed by atoms with Gasteiger partial charge in [0.2, 0.25) is 0 Å². The van der Waals surface area contributed by atoms with Crippen LogP contribution in [0.25, 0.3) is 10.8 Å². The molecule has 0 aliphatic carbocycles. The van der Waals surface area contributed by atoms with Gasteiger partial charge in [-0.05, 0) is 22.9 Å². The lowest BCUT2D eigenvalue weighted by Gasteiger charge is -2.29. The van der Waals surface area contributed by atoms with Crippen molar-refractivity contribution in [2.45, 2.75) is 19.1 Å². The maximum Gasteiger partial charge on any atom is 0.193 e. The van der Waals surface area contributed by atoms with Gasteiger partial charge >= 0.3 is 0 Å². The number of hydrogen-bond acceptors (Lipinski definition) is 3. The van der Waals surface area contributed by atoms with Gasteiger partial charge in [0.05, 0.1) is 4.88 Å². The van der Waals surface area contributed by atoms with E-state index in [2.05, 4.69) is 18.2 Å². The summed E-state index contributed by atoms with van der Waals surface area (Å²) < 4.78 is 6.20. The standard InChI is InChI=1S/C17H17NOS/c1-2-17(18,16-11-6-12-20-16)19-15-10-5-8-13-7-3-4-9-14(13)15/h3-12H,2,18H2,1H3. The minimum atomic E-state index is -0.766. The second kappa shape index (κ2) is 5.27. The molecule has 2 aromatic carbocycles. The SMILES string of the molecule is CCC(N)(Oc1cccc2ccccc12)c1cccs1. The largest absolute Gasteiger partial charge is 0.467 e. The lowest BCUT2D eigenvalue weighted by atomic mass is 10.1. The predicted molar refractivity (Wildman–Crippen MR) is 85.1 cm³/mol. The highest BCUT2D eigenvalue weighted by atomic mass is 32.1. The van der Waals surface area contributed by atoms with Gasteiger partial charge in [0.1, 0.15) is 5.75 Å². The fraction of sp³-hybridized carbons (Fsp3) is 0.176. The Morgan fingerprint density at radius 1 is 1.05 bits per heavy atom. The average Bonchev–Trinajstić information content (AvgIpc) is 3.02. The number of fused-ring (bicyclic) bond motifs is 1. The topological polar surface area (TPSA) is 35.2 Å². The van der Waals surface area contributed by atoms with E-state index in [0.29, 0.717) is 0 Å². The highest BCUT2D eigenvalue weighted by Gasteiger charge is 2.29. The molecule has 3 aromatic rings. The summed E-state index contributed by atoms with van der Waals surface area (Å²) in [4.78, 5) is 1.05. The Labute approximate surface area is 122 Å². The van der Waals surface area contributed by atoms with Crippen molar-refractivity contribution in [2.75, 3.05) is 0 Å². The van der Waals surface area contributed by atoms with Crippen molar-refractivity contribution in [3.63, 3.8) is 0 Å². The summed E-state index contributed by atoms with van der Waals surface area (Å²) in [5, 5.41) is 4.28. The first-order valence-corrected chi connectivity index (χ1v) is 7.60. The number of benzene rings is 2. The smallest absolute Gasteiger partial charge is 0.193 e. The van der Waals surface area contributed by atoms with Crippen molar-refractivity contribution in [1.29, 1.82) is 0 Å². The van der Waals surface area contributed by atoms with Gasteiger partial charge in [-0.3, -0.25) is 5.73 Å². The number of rotatable bonds is 4. The third-order valence-electron chi connectivity index (χ3n) is 3.51. The van der Waals surface area contributed by atoms with Gasteiger partial charge < -0.3 is 4.74 Å². The molecule has 0 saturated carbocycles. The molecular weight excluding hydrogens is 266 g/mol. The molecule has 0 radical (unpaired) electrons. The zero-order chi connectivity index (χ0) is 14.0. The minimum Gasteiger partial charge on any atom is -0.467 e. The maximum atomic E-state index is 6.47. The molecule has 2 nitrogen and oxygen atoms in total. The van der Waals surface area contributed by atoms with Gasteiger partial charge in [-0.25, -0.2) is 0 Å². The number of nitrogens with two attached hydrogens (primary N) is 1. The van der Waals surface area contributed by atoms with Crippen molar-refractivity contribution in [1.82, 2.24) is 0 Å². The summed E-state index contributed by atoms with van der Waals surface area (Å²) in [7, 11) is 0. The molecule has 2 N–H and O–H groups in total. The molecule has 0 amide bonds. The molecular formula is C17H17NOS. The van der Waals surface area contributed by atoms with Gasteiger partial charge in [-0.1, -0.05) is 49.4 Å². The summed E-state index contributed by atoms with van der Waals surface area (Å²) in [5.74, 6) is 0.834. The van der Waals surface area contributed by atoms with Crippen LogP contribution in [0, 0.1) is 0 Å². The molecule has 0 spiro atoms. The summed E-state index contributed by atoms with van der Waals surface area (Å²) in [6.07, 6.45) is 0.719. The van der Waals surface area contributed by atoms with Crippen LogP contribution in [0.2, 0.25) is 0 Å². The highest BCUT2D eigenvalue weighted by molar-refractivity contribution is 7.10. The molecule has 0 aliphatic heterocycles. The molecule has 1 aromatic heterocycles. The summed E-state index contributed by atoms with van der Waals surface area (Å²) in [6.45, 7) is 2.05. The summed E-state index contributed by atoms with van der Waals surface area (Å²) in [6, 6.07) is 18.3. The minimum absolute atomic E-state index is 0.719. The molecule has 3 heteroatoms. The van der Waals surface area contributed by atoms with Gasteiger partial charge in [0.25, 0.3) is 0 Å². The first-order valence-electron chi connectivity index (χ1n) is 6.72. The maximum absolute atomic E-state index is 6.47. The Morgan fingerprint density at radius 2 is 1.85 bits per heavy atom. The van der Waals surface area contributed by atoms with Crippen molar-refractivity contribution < 1.29 is 4.74 Å². The Bertz CT molecular complexity index is 703. The van der Waals surface area contributed by atoms with E-state index < -0.39 is 5.72 Å². The van der Waals surface area contributed by atoms with Gasteiger partial charge in [0.15, 0.2) is 5.72 Å². The molecule has 1 unspecified atom stereocenters. The molecule has 0 saturated heterocycles. The predicted octanol–water partition coefficient (Wildman–Crippen LogP) is 4.50. The quantitative estimate of drug-likeness (QED) is 0.715. The normalized spacial score (nSPS) is 14.1. The number of ether oxygens (including phenoxy) is 1. The summed E-state index contributed by atoms with van der Waals surface area (Å²) >= 11 is 1.63. The highest BCUT2D eigenvalue weighted by Crippen LogP contribution is 2.33. The van der Waals surface area contributed by atoms with Crippen LogP contribution in [0.3, 0.4) is 0 Å². The molecule has 20 heavy (non-hydrogen) atoms. The zero-order valence-corrected chi connectivity index (χ0v) is 12.2. The average molecular weight is 283 g/mol. The van der Waals surface area contributed by atoms with Crippen LogP contribution in [0.5, 0.6) is 5.75 Å². The number of hydrogen-bond donors (Lipinski definition) is 1. The zero-order valence-electron chi connectivity index (χ0n) is 11.4. The molecule has 3 rings (SSSR count). The van der Waals surface area contributed by atoms with Gasteiger partial charge in [-0.2, -0.15) is 0 Å². The second-order valence-electron chi connectivity index (χ2n) is 4.80. The third kappa shape index (κ3) is 2.30. The lowest BCUT2D eigenvalue weighted by molar-refractivity contribution is 0.0746. The second-order valence-corrected chi connectivity index (χ2v) is 5.75.